The summed E-state index contributed by atoms with van der Waals surface area (Å²) in [5.74, 6) is -0.609. The Morgan fingerprint density at radius 1 is 1.33 bits per heavy atom. The first-order valence-electron chi connectivity index (χ1n) is 7.72. The Balaban J connectivity index is 1.94. The number of morpholine rings is 1. The van der Waals surface area contributed by atoms with Crippen LogP contribution < -0.4 is 4.90 Å². The van der Waals surface area contributed by atoms with Crippen molar-refractivity contribution in [2.24, 2.45) is 0 Å². The number of aryl methyl sites for hydroxylation is 1. The van der Waals surface area contributed by atoms with E-state index in [-0.39, 0.29) is 11.7 Å². The largest absolute Gasteiger partial charge is 0.379 e. The van der Waals surface area contributed by atoms with Crippen LogP contribution >= 0.6 is 11.3 Å². The van der Waals surface area contributed by atoms with E-state index in [4.69, 9.17) is 4.74 Å². The highest BCUT2D eigenvalue weighted by atomic mass is 32.1. The van der Waals surface area contributed by atoms with Crippen LogP contribution in [0, 0.1) is 12.7 Å². The third kappa shape index (κ3) is 3.45. The molecule has 24 heavy (non-hydrogen) atoms. The molecule has 0 N–H and O–H groups in total. The van der Waals surface area contributed by atoms with Crippen molar-refractivity contribution in [2.75, 3.05) is 38.3 Å². The summed E-state index contributed by atoms with van der Waals surface area (Å²) >= 11 is 1.33. The summed E-state index contributed by atoms with van der Waals surface area (Å²) in [5, 5.41) is 9.25. The summed E-state index contributed by atoms with van der Waals surface area (Å²) in [4.78, 5) is 16.5. The Kier molecular flexibility index (Phi) is 5.17. The minimum Gasteiger partial charge on any atom is -0.379 e. The molecule has 0 saturated carbocycles. The van der Waals surface area contributed by atoms with E-state index in [1.54, 1.807) is 25.2 Å². The molecule has 1 atom stereocenters. The van der Waals surface area contributed by atoms with Gasteiger partial charge in [-0.25, -0.2) is 4.39 Å². The van der Waals surface area contributed by atoms with Gasteiger partial charge in [-0.3, -0.25) is 14.6 Å². The quantitative estimate of drug-likeness (QED) is 0.844. The fourth-order valence-corrected chi connectivity index (χ4v) is 3.37. The molecule has 1 aliphatic rings. The van der Waals surface area contributed by atoms with Crippen LogP contribution in [0.4, 0.5) is 9.52 Å². The number of hydrogen-bond donors (Lipinski definition) is 0. The Hall–Kier alpha value is -1.90. The molecule has 0 aliphatic carbocycles. The highest BCUT2D eigenvalue weighted by Gasteiger charge is 2.34. The number of carbonyl (C=O) groups excluding carboxylic acids is 1. The number of aromatic nitrogens is 2. The van der Waals surface area contributed by atoms with Crippen molar-refractivity contribution < 1.29 is 13.9 Å². The molecule has 1 aromatic carbocycles. The highest BCUT2D eigenvalue weighted by Crippen LogP contribution is 2.29. The number of halogens is 1. The number of amides is 1. The van der Waals surface area contributed by atoms with E-state index in [2.05, 4.69) is 10.2 Å². The Bertz CT molecular complexity index is 718. The molecule has 128 valence electrons. The molecule has 3 rings (SSSR count). The normalized spacial score (nSPS) is 16.8. The van der Waals surface area contributed by atoms with E-state index in [9.17, 15) is 9.18 Å². The van der Waals surface area contributed by atoms with Crippen molar-refractivity contribution in [3.8, 4) is 0 Å². The van der Waals surface area contributed by atoms with Gasteiger partial charge in [0.1, 0.15) is 16.9 Å². The summed E-state index contributed by atoms with van der Waals surface area (Å²) < 4.78 is 19.7. The first kappa shape index (κ1) is 16.9. The highest BCUT2D eigenvalue weighted by molar-refractivity contribution is 7.15. The lowest BCUT2D eigenvalue weighted by atomic mass is 10.0. The van der Waals surface area contributed by atoms with Gasteiger partial charge in [-0.1, -0.05) is 29.5 Å². The van der Waals surface area contributed by atoms with Crippen molar-refractivity contribution in [3.05, 3.63) is 40.7 Å². The molecule has 0 bridgehead atoms. The van der Waals surface area contributed by atoms with E-state index >= 15 is 0 Å². The minimum atomic E-state index is -0.704. The SMILES string of the molecule is Cc1nnc(N(C)C(=O)C(c2ccccc2F)N2CCOCC2)s1. The van der Waals surface area contributed by atoms with Gasteiger partial charge in [0.25, 0.3) is 5.91 Å². The van der Waals surface area contributed by atoms with Gasteiger partial charge >= 0.3 is 0 Å². The lowest BCUT2D eigenvalue weighted by Crippen LogP contribution is -2.46. The lowest BCUT2D eigenvalue weighted by molar-refractivity contribution is -0.125. The maximum Gasteiger partial charge on any atom is 0.250 e. The first-order valence-corrected chi connectivity index (χ1v) is 8.53. The van der Waals surface area contributed by atoms with Crippen LogP contribution in [0.2, 0.25) is 0 Å². The summed E-state index contributed by atoms with van der Waals surface area (Å²) in [6.45, 7) is 4.04. The number of rotatable bonds is 4. The molecule has 6 nitrogen and oxygen atoms in total. The van der Waals surface area contributed by atoms with E-state index in [1.165, 1.54) is 22.3 Å². The van der Waals surface area contributed by atoms with E-state index in [0.717, 1.165) is 5.01 Å². The van der Waals surface area contributed by atoms with Gasteiger partial charge in [0.2, 0.25) is 5.13 Å². The second kappa shape index (κ2) is 7.33. The molecule has 2 aromatic rings. The monoisotopic (exact) mass is 350 g/mol. The van der Waals surface area contributed by atoms with Gasteiger partial charge in [0, 0.05) is 25.7 Å². The van der Waals surface area contributed by atoms with Crippen LogP contribution in [-0.4, -0.2) is 54.4 Å². The fraction of sp³-hybridized carbons (Fsp3) is 0.438. The van der Waals surface area contributed by atoms with Gasteiger partial charge < -0.3 is 4.74 Å². The van der Waals surface area contributed by atoms with Gasteiger partial charge in [-0.2, -0.15) is 0 Å². The van der Waals surface area contributed by atoms with Crippen molar-refractivity contribution in [1.29, 1.82) is 0 Å². The number of hydrogen-bond acceptors (Lipinski definition) is 6. The van der Waals surface area contributed by atoms with Crippen molar-refractivity contribution in [2.45, 2.75) is 13.0 Å². The topological polar surface area (TPSA) is 58.6 Å². The molecule has 1 aromatic heterocycles. The summed E-state index contributed by atoms with van der Waals surface area (Å²) in [6, 6.07) is 5.70. The smallest absolute Gasteiger partial charge is 0.250 e. The van der Waals surface area contributed by atoms with Crippen molar-refractivity contribution in [1.82, 2.24) is 15.1 Å². The molecule has 1 unspecified atom stereocenters. The van der Waals surface area contributed by atoms with Gasteiger partial charge in [0.05, 0.1) is 13.2 Å². The van der Waals surface area contributed by atoms with E-state index < -0.39 is 6.04 Å². The van der Waals surface area contributed by atoms with Crippen LogP contribution in [-0.2, 0) is 9.53 Å². The molecule has 0 spiro atoms. The molecule has 8 heteroatoms. The Labute approximate surface area is 143 Å². The molecule has 2 heterocycles. The van der Waals surface area contributed by atoms with Crippen LogP contribution in [0.1, 0.15) is 16.6 Å². The average molecular weight is 350 g/mol. The van der Waals surface area contributed by atoms with Gasteiger partial charge in [-0.05, 0) is 13.0 Å². The second-order valence-corrected chi connectivity index (χ2v) is 6.73. The molecule has 1 saturated heterocycles. The van der Waals surface area contributed by atoms with E-state index in [1.807, 2.05) is 11.8 Å². The number of carbonyl (C=O) groups is 1. The summed E-state index contributed by atoms with van der Waals surface area (Å²) in [6.07, 6.45) is 0. The third-order valence-corrected chi connectivity index (χ3v) is 4.89. The zero-order valence-electron chi connectivity index (χ0n) is 13.6. The molecule has 1 amide bonds. The maximum atomic E-state index is 14.4. The standard InChI is InChI=1S/C16H19FN4O2S/c1-11-18-19-16(24-11)20(2)15(22)14(21-7-9-23-10-8-21)12-5-3-4-6-13(12)17/h3-6,14H,7-10H2,1-2H3. The lowest BCUT2D eigenvalue weighted by Gasteiger charge is -2.35. The van der Waals surface area contributed by atoms with Gasteiger partial charge in [0.15, 0.2) is 0 Å². The fourth-order valence-electron chi connectivity index (χ4n) is 2.72. The predicted octanol–water partition coefficient (Wildman–Crippen LogP) is 2.02. The average Bonchev–Trinajstić information content (AvgIpc) is 3.03. The molecule has 0 radical (unpaired) electrons. The first-order chi connectivity index (χ1) is 11.6. The number of ether oxygens (including phenoxy) is 1. The van der Waals surface area contributed by atoms with Crippen molar-refractivity contribution >= 4 is 22.4 Å². The zero-order valence-corrected chi connectivity index (χ0v) is 14.4. The van der Waals surface area contributed by atoms with Gasteiger partial charge in [-0.15, -0.1) is 10.2 Å². The van der Waals surface area contributed by atoms with Crippen LogP contribution in [0.3, 0.4) is 0 Å². The Morgan fingerprint density at radius 2 is 2.04 bits per heavy atom. The molecular formula is C16H19FN4O2S. The molecule has 1 aliphatic heterocycles. The number of nitrogens with zero attached hydrogens (tertiary/aromatic N) is 4. The summed E-state index contributed by atoms with van der Waals surface area (Å²) in [7, 11) is 1.65. The third-order valence-electron chi connectivity index (χ3n) is 3.98. The summed E-state index contributed by atoms with van der Waals surface area (Å²) in [5.41, 5.74) is 0.373. The van der Waals surface area contributed by atoms with Crippen LogP contribution in [0.15, 0.2) is 24.3 Å². The second-order valence-electron chi connectivity index (χ2n) is 5.57. The number of anilines is 1. The van der Waals surface area contributed by atoms with Crippen LogP contribution in [0.25, 0.3) is 0 Å². The van der Waals surface area contributed by atoms with Crippen molar-refractivity contribution in [3.63, 3.8) is 0 Å². The number of benzene rings is 1. The maximum absolute atomic E-state index is 14.4. The zero-order chi connectivity index (χ0) is 17.1. The van der Waals surface area contributed by atoms with Crippen LogP contribution in [0.5, 0.6) is 0 Å². The molecule has 1 fully saturated rings. The van der Waals surface area contributed by atoms with E-state index in [0.29, 0.717) is 37.0 Å². The minimum absolute atomic E-state index is 0.224. The molecular weight excluding hydrogens is 331 g/mol. The number of likely N-dealkylation sites (N-methyl/N-ethyl adjacent to an activating group) is 1. The predicted molar refractivity (Wildman–Crippen MR) is 89.6 cm³/mol. The Morgan fingerprint density at radius 3 is 2.67 bits per heavy atom.